The molecule has 0 fully saturated rings. The summed E-state index contributed by atoms with van der Waals surface area (Å²) >= 11 is 0. The van der Waals surface area contributed by atoms with Gasteiger partial charge < -0.3 is 21.3 Å². The summed E-state index contributed by atoms with van der Waals surface area (Å²) in [7, 11) is 0. The fraction of sp³-hybridized carbons (Fsp3) is 0.545. The molecule has 7 nitrogen and oxygen atoms in total. The third-order valence-electron chi connectivity index (χ3n) is 2.33. The molecule has 0 aromatic rings. The lowest BCUT2D eigenvalue weighted by molar-refractivity contribution is -0.146. The Kier molecular flexibility index (Phi) is 6.04. The first-order valence-corrected chi connectivity index (χ1v) is 5.39. The van der Waals surface area contributed by atoms with Gasteiger partial charge in [-0.1, -0.05) is 6.08 Å². The monoisotopic (exact) mass is 258 g/mol. The van der Waals surface area contributed by atoms with Crippen LogP contribution in [-0.4, -0.2) is 39.6 Å². The van der Waals surface area contributed by atoms with Gasteiger partial charge in [-0.05, 0) is 13.3 Å². The number of carboxylic acid groups (broad SMARTS) is 2. The summed E-state index contributed by atoms with van der Waals surface area (Å²) < 4.78 is 0. The van der Waals surface area contributed by atoms with Crippen molar-refractivity contribution in [2.75, 3.05) is 0 Å². The van der Waals surface area contributed by atoms with E-state index in [0.717, 1.165) is 6.08 Å². The molecule has 1 amide bonds. The van der Waals surface area contributed by atoms with Gasteiger partial charge in [-0.3, -0.25) is 9.59 Å². The van der Waals surface area contributed by atoms with Crippen molar-refractivity contribution in [1.82, 2.24) is 5.32 Å². The fourth-order valence-electron chi connectivity index (χ4n) is 1.36. The van der Waals surface area contributed by atoms with E-state index in [1.165, 1.54) is 0 Å². The van der Waals surface area contributed by atoms with Crippen molar-refractivity contribution in [2.45, 2.75) is 37.8 Å². The summed E-state index contributed by atoms with van der Waals surface area (Å²) in [6, 6.07) is -0.416. The minimum absolute atomic E-state index is 0.0457. The van der Waals surface area contributed by atoms with E-state index in [0.29, 0.717) is 0 Å². The molecule has 0 spiro atoms. The van der Waals surface area contributed by atoms with Gasteiger partial charge in [-0.15, -0.1) is 6.58 Å². The maximum absolute atomic E-state index is 11.5. The standard InChI is InChI=1S/C11H18N2O5/c1-3-11(10(17)18,5-4-9(15)16)13-8(14)6-7(2)12/h3,7H,1,4-6,12H2,2H3,(H,13,14)(H,15,16)(H,17,18)/t7?,11-/m0/s1. The first kappa shape index (κ1) is 16.1. The van der Waals surface area contributed by atoms with Crippen LogP contribution in [0.1, 0.15) is 26.2 Å². The first-order chi connectivity index (χ1) is 8.23. The molecule has 0 aliphatic carbocycles. The molecule has 0 aliphatic rings. The molecule has 2 atom stereocenters. The normalized spacial score (nSPS) is 15.2. The van der Waals surface area contributed by atoms with Crippen molar-refractivity contribution in [3.63, 3.8) is 0 Å². The average molecular weight is 258 g/mol. The lowest BCUT2D eigenvalue weighted by Gasteiger charge is -2.27. The van der Waals surface area contributed by atoms with Gasteiger partial charge in [0.15, 0.2) is 5.54 Å². The van der Waals surface area contributed by atoms with E-state index in [9.17, 15) is 14.4 Å². The van der Waals surface area contributed by atoms with Crippen molar-refractivity contribution in [2.24, 2.45) is 5.73 Å². The zero-order valence-corrected chi connectivity index (χ0v) is 10.2. The van der Waals surface area contributed by atoms with Crippen LogP contribution in [-0.2, 0) is 14.4 Å². The summed E-state index contributed by atoms with van der Waals surface area (Å²) in [6.07, 6.45) is 0.315. The highest BCUT2D eigenvalue weighted by Crippen LogP contribution is 2.16. The van der Waals surface area contributed by atoms with Crippen LogP contribution in [0.25, 0.3) is 0 Å². The van der Waals surface area contributed by atoms with Crippen molar-refractivity contribution in [1.29, 1.82) is 0 Å². The van der Waals surface area contributed by atoms with Crippen molar-refractivity contribution < 1.29 is 24.6 Å². The van der Waals surface area contributed by atoms with Crippen molar-refractivity contribution in [3.05, 3.63) is 12.7 Å². The quantitative estimate of drug-likeness (QED) is 0.443. The predicted octanol–water partition coefficient (Wildman–Crippen LogP) is -0.286. The number of hydrogen-bond donors (Lipinski definition) is 4. The van der Waals surface area contributed by atoms with Gasteiger partial charge in [0.05, 0.1) is 0 Å². The van der Waals surface area contributed by atoms with Gasteiger partial charge in [-0.25, -0.2) is 4.79 Å². The summed E-state index contributed by atoms with van der Waals surface area (Å²) in [5.74, 6) is -3.06. The van der Waals surface area contributed by atoms with E-state index in [1.807, 2.05) is 0 Å². The zero-order valence-electron chi connectivity index (χ0n) is 10.2. The Labute approximate surface area is 105 Å². The Balaban J connectivity index is 4.86. The van der Waals surface area contributed by atoms with Crippen LogP contribution >= 0.6 is 0 Å². The summed E-state index contributed by atoms with van der Waals surface area (Å²) in [5, 5.41) is 19.9. The highest BCUT2D eigenvalue weighted by molar-refractivity contribution is 5.89. The molecule has 1 unspecified atom stereocenters. The fourth-order valence-corrected chi connectivity index (χ4v) is 1.36. The molecule has 0 aliphatic heterocycles. The predicted molar refractivity (Wildman–Crippen MR) is 63.8 cm³/mol. The molecule has 0 heterocycles. The number of rotatable bonds is 8. The van der Waals surface area contributed by atoms with Crippen LogP contribution < -0.4 is 11.1 Å². The number of hydrogen-bond acceptors (Lipinski definition) is 4. The maximum atomic E-state index is 11.5. The van der Waals surface area contributed by atoms with Crippen LogP contribution in [0.4, 0.5) is 0 Å². The van der Waals surface area contributed by atoms with Crippen LogP contribution in [0, 0.1) is 0 Å². The Morgan fingerprint density at radius 3 is 2.33 bits per heavy atom. The molecular formula is C11H18N2O5. The Morgan fingerprint density at radius 2 is 2.00 bits per heavy atom. The van der Waals surface area contributed by atoms with Gasteiger partial charge in [0.1, 0.15) is 0 Å². The van der Waals surface area contributed by atoms with Crippen molar-refractivity contribution >= 4 is 17.8 Å². The molecule has 18 heavy (non-hydrogen) atoms. The second kappa shape index (κ2) is 6.75. The Morgan fingerprint density at radius 1 is 1.44 bits per heavy atom. The number of nitrogens with two attached hydrogens (primary N) is 1. The first-order valence-electron chi connectivity index (χ1n) is 5.39. The minimum Gasteiger partial charge on any atom is -0.481 e. The molecule has 0 saturated carbocycles. The number of nitrogens with one attached hydrogen (secondary N) is 1. The molecule has 0 radical (unpaired) electrons. The van der Waals surface area contributed by atoms with E-state index in [1.54, 1.807) is 6.92 Å². The molecule has 0 rings (SSSR count). The van der Waals surface area contributed by atoms with Gasteiger partial charge >= 0.3 is 11.9 Å². The highest BCUT2D eigenvalue weighted by atomic mass is 16.4. The summed E-state index contributed by atoms with van der Waals surface area (Å²) in [4.78, 5) is 33.2. The van der Waals surface area contributed by atoms with E-state index in [4.69, 9.17) is 15.9 Å². The van der Waals surface area contributed by atoms with E-state index >= 15 is 0 Å². The number of carboxylic acids is 2. The van der Waals surface area contributed by atoms with Crippen LogP contribution in [0.3, 0.4) is 0 Å². The summed E-state index contributed by atoms with van der Waals surface area (Å²) in [6.45, 7) is 4.95. The second-order valence-corrected chi connectivity index (χ2v) is 4.10. The van der Waals surface area contributed by atoms with Gasteiger partial charge in [0.2, 0.25) is 5.91 Å². The molecule has 0 saturated heterocycles. The van der Waals surface area contributed by atoms with E-state index < -0.39 is 35.8 Å². The maximum Gasteiger partial charge on any atom is 0.333 e. The van der Waals surface area contributed by atoms with Crippen LogP contribution in [0.2, 0.25) is 0 Å². The van der Waals surface area contributed by atoms with Crippen LogP contribution in [0.15, 0.2) is 12.7 Å². The molecule has 0 aromatic heterocycles. The zero-order chi connectivity index (χ0) is 14.3. The van der Waals surface area contributed by atoms with Crippen LogP contribution in [0.5, 0.6) is 0 Å². The molecule has 5 N–H and O–H groups in total. The largest absolute Gasteiger partial charge is 0.481 e. The third-order valence-corrected chi connectivity index (χ3v) is 2.33. The molecule has 7 heteroatoms. The number of amides is 1. The van der Waals surface area contributed by atoms with Gasteiger partial charge in [0.25, 0.3) is 0 Å². The lowest BCUT2D eigenvalue weighted by atomic mass is 9.93. The van der Waals surface area contributed by atoms with E-state index in [-0.39, 0.29) is 12.8 Å². The molecule has 0 bridgehead atoms. The summed E-state index contributed by atoms with van der Waals surface area (Å²) in [5.41, 5.74) is 3.65. The average Bonchev–Trinajstić information content (AvgIpc) is 2.22. The van der Waals surface area contributed by atoms with Gasteiger partial charge in [0, 0.05) is 18.9 Å². The topological polar surface area (TPSA) is 130 Å². The number of aliphatic carboxylic acids is 2. The second-order valence-electron chi connectivity index (χ2n) is 4.10. The minimum atomic E-state index is -1.77. The Hall–Kier alpha value is -1.89. The molecule has 102 valence electrons. The third kappa shape index (κ3) is 4.96. The van der Waals surface area contributed by atoms with E-state index in [2.05, 4.69) is 11.9 Å². The Bertz CT molecular complexity index is 353. The molecular weight excluding hydrogens is 240 g/mol. The smallest absolute Gasteiger partial charge is 0.333 e. The highest BCUT2D eigenvalue weighted by Gasteiger charge is 2.37. The van der Waals surface area contributed by atoms with Gasteiger partial charge in [-0.2, -0.15) is 0 Å². The van der Waals surface area contributed by atoms with Crippen molar-refractivity contribution in [3.8, 4) is 0 Å². The number of carbonyl (C=O) groups excluding carboxylic acids is 1. The SMILES string of the molecule is C=C[C@@](CCC(=O)O)(NC(=O)CC(C)N)C(=O)O. The lowest BCUT2D eigenvalue weighted by Crippen LogP contribution is -2.54. The number of carbonyl (C=O) groups is 3. The molecule has 0 aromatic carbocycles.